The maximum atomic E-state index is 6.02. The Balaban J connectivity index is 2.06. The van der Waals surface area contributed by atoms with Crippen LogP contribution in [0.25, 0.3) is 0 Å². The second-order valence-electron chi connectivity index (χ2n) is 5.69. The van der Waals surface area contributed by atoms with Crippen molar-refractivity contribution >= 4 is 0 Å². The van der Waals surface area contributed by atoms with Gasteiger partial charge in [-0.05, 0) is 17.5 Å². The van der Waals surface area contributed by atoms with E-state index in [1.165, 1.54) is 11.1 Å². The molecule has 0 aliphatic carbocycles. The summed E-state index contributed by atoms with van der Waals surface area (Å²) in [7, 11) is 0. The fourth-order valence-electron chi connectivity index (χ4n) is 2.16. The van der Waals surface area contributed by atoms with Gasteiger partial charge in [-0.25, -0.2) is 0 Å². The monoisotopic (exact) mass is 233 g/mol. The minimum atomic E-state index is 0.197. The number of ether oxygens (including phenoxy) is 1. The van der Waals surface area contributed by atoms with Crippen LogP contribution in [0.1, 0.15) is 38.0 Å². The standard InChI is InChI=1S/C15H23NO/c1-4-12-5-7-13(8-6-12)14-9-16-10-15(2,3)11-17-14/h5-8,14,16H,4,9-11H2,1-3H3. The molecular weight excluding hydrogens is 210 g/mol. The maximum Gasteiger partial charge on any atom is 0.0949 e. The molecule has 0 bridgehead atoms. The van der Waals surface area contributed by atoms with Gasteiger partial charge >= 0.3 is 0 Å². The van der Waals surface area contributed by atoms with Crippen molar-refractivity contribution in [3.8, 4) is 0 Å². The van der Waals surface area contributed by atoms with Crippen LogP contribution in [0.4, 0.5) is 0 Å². The molecule has 1 aliphatic rings. The lowest BCUT2D eigenvalue weighted by Crippen LogP contribution is -2.29. The first-order valence-corrected chi connectivity index (χ1v) is 6.52. The minimum absolute atomic E-state index is 0.197. The molecule has 1 unspecified atom stereocenters. The summed E-state index contributed by atoms with van der Waals surface area (Å²) in [5.41, 5.74) is 2.90. The van der Waals surface area contributed by atoms with E-state index < -0.39 is 0 Å². The van der Waals surface area contributed by atoms with Crippen molar-refractivity contribution in [2.24, 2.45) is 5.41 Å². The second kappa shape index (κ2) is 5.19. The molecule has 2 heteroatoms. The quantitative estimate of drug-likeness (QED) is 0.848. The van der Waals surface area contributed by atoms with Gasteiger partial charge in [-0.3, -0.25) is 0 Å². The molecule has 1 aromatic carbocycles. The summed E-state index contributed by atoms with van der Waals surface area (Å²) < 4.78 is 6.02. The zero-order valence-corrected chi connectivity index (χ0v) is 11.1. The van der Waals surface area contributed by atoms with Crippen LogP contribution in [-0.4, -0.2) is 19.7 Å². The molecule has 0 radical (unpaired) electrons. The molecule has 17 heavy (non-hydrogen) atoms. The van der Waals surface area contributed by atoms with Gasteiger partial charge in [0.2, 0.25) is 0 Å². The Morgan fingerprint density at radius 2 is 2.00 bits per heavy atom. The second-order valence-corrected chi connectivity index (χ2v) is 5.69. The smallest absolute Gasteiger partial charge is 0.0949 e. The molecule has 1 aliphatic heterocycles. The molecule has 0 aromatic heterocycles. The third kappa shape index (κ3) is 3.30. The number of nitrogens with one attached hydrogen (secondary N) is 1. The Morgan fingerprint density at radius 1 is 1.29 bits per heavy atom. The number of benzene rings is 1. The lowest BCUT2D eigenvalue weighted by molar-refractivity contribution is 0.0260. The molecule has 1 atom stereocenters. The van der Waals surface area contributed by atoms with E-state index in [1.807, 2.05) is 0 Å². The summed E-state index contributed by atoms with van der Waals surface area (Å²) >= 11 is 0. The van der Waals surface area contributed by atoms with E-state index in [4.69, 9.17) is 4.74 Å². The van der Waals surface area contributed by atoms with Crippen LogP contribution < -0.4 is 5.32 Å². The fourth-order valence-corrected chi connectivity index (χ4v) is 2.16. The van der Waals surface area contributed by atoms with Crippen LogP contribution in [0, 0.1) is 5.41 Å². The number of hydrogen-bond donors (Lipinski definition) is 1. The van der Waals surface area contributed by atoms with Crippen molar-refractivity contribution < 1.29 is 4.74 Å². The van der Waals surface area contributed by atoms with E-state index in [0.717, 1.165) is 26.1 Å². The highest BCUT2D eigenvalue weighted by Crippen LogP contribution is 2.25. The Bertz CT molecular complexity index is 356. The zero-order valence-electron chi connectivity index (χ0n) is 11.1. The Labute approximate surface area is 104 Å². The summed E-state index contributed by atoms with van der Waals surface area (Å²) in [5.74, 6) is 0. The van der Waals surface area contributed by atoms with Gasteiger partial charge in [0.05, 0.1) is 12.7 Å². The van der Waals surface area contributed by atoms with Gasteiger partial charge in [-0.1, -0.05) is 45.0 Å². The molecule has 0 amide bonds. The van der Waals surface area contributed by atoms with Gasteiger partial charge in [-0.2, -0.15) is 0 Å². The zero-order chi connectivity index (χ0) is 12.3. The first-order valence-electron chi connectivity index (χ1n) is 6.52. The van der Waals surface area contributed by atoms with E-state index in [0.29, 0.717) is 0 Å². The van der Waals surface area contributed by atoms with E-state index in [1.54, 1.807) is 0 Å². The maximum absolute atomic E-state index is 6.02. The topological polar surface area (TPSA) is 21.3 Å². The van der Waals surface area contributed by atoms with Crippen molar-refractivity contribution in [2.75, 3.05) is 19.7 Å². The molecule has 2 rings (SSSR count). The lowest BCUT2D eigenvalue weighted by Gasteiger charge is -2.21. The molecule has 1 heterocycles. The van der Waals surface area contributed by atoms with Crippen molar-refractivity contribution in [2.45, 2.75) is 33.3 Å². The highest BCUT2D eigenvalue weighted by Gasteiger charge is 2.25. The third-order valence-corrected chi connectivity index (χ3v) is 3.37. The van der Waals surface area contributed by atoms with Crippen LogP contribution >= 0.6 is 0 Å². The molecule has 1 aromatic rings. The molecular formula is C15H23NO. The molecule has 0 spiro atoms. The molecule has 1 N–H and O–H groups in total. The summed E-state index contributed by atoms with van der Waals surface area (Å²) in [6.07, 6.45) is 1.29. The van der Waals surface area contributed by atoms with Crippen LogP contribution in [0.2, 0.25) is 0 Å². The van der Waals surface area contributed by atoms with Gasteiger partial charge in [0.25, 0.3) is 0 Å². The molecule has 2 nitrogen and oxygen atoms in total. The normalized spacial score (nSPS) is 24.3. The van der Waals surface area contributed by atoms with Gasteiger partial charge in [-0.15, -0.1) is 0 Å². The average molecular weight is 233 g/mol. The van der Waals surface area contributed by atoms with Crippen molar-refractivity contribution in [3.63, 3.8) is 0 Å². The molecule has 94 valence electrons. The predicted octanol–water partition coefficient (Wildman–Crippen LogP) is 2.94. The molecule has 1 saturated heterocycles. The van der Waals surface area contributed by atoms with Crippen LogP contribution in [0.3, 0.4) is 0 Å². The highest BCUT2D eigenvalue weighted by atomic mass is 16.5. The summed E-state index contributed by atoms with van der Waals surface area (Å²) in [5, 5.41) is 3.49. The average Bonchev–Trinajstić information content (AvgIpc) is 2.50. The number of hydrogen-bond acceptors (Lipinski definition) is 2. The first-order chi connectivity index (χ1) is 8.11. The minimum Gasteiger partial charge on any atom is -0.372 e. The van der Waals surface area contributed by atoms with E-state index in [9.17, 15) is 0 Å². The molecule has 1 fully saturated rings. The summed E-state index contributed by atoms with van der Waals surface area (Å²) in [6, 6.07) is 8.80. The van der Waals surface area contributed by atoms with Crippen molar-refractivity contribution in [3.05, 3.63) is 35.4 Å². The Kier molecular flexibility index (Phi) is 3.85. The number of rotatable bonds is 2. The predicted molar refractivity (Wildman–Crippen MR) is 71.2 cm³/mol. The van der Waals surface area contributed by atoms with Crippen LogP contribution in [-0.2, 0) is 11.2 Å². The SMILES string of the molecule is CCc1ccc(C2CNCC(C)(C)CO2)cc1. The van der Waals surface area contributed by atoms with Gasteiger partial charge in [0, 0.05) is 18.5 Å². The third-order valence-electron chi connectivity index (χ3n) is 3.37. The highest BCUT2D eigenvalue weighted by molar-refractivity contribution is 5.24. The Hall–Kier alpha value is -0.860. The molecule has 0 saturated carbocycles. The Morgan fingerprint density at radius 3 is 2.65 bits per heavy atom. The van der Waals surface area contributed by atoms with Gasteiger partial charge in [0.15, 0.2) is 0 Å². The summed E-state index contributed by atoms with van der Waals surface area (Å²) in [6.45, 7) is 9.41. The van der Waals surface area contributed by atoms with Crippen molar-refractivity contribution in [1.29, 1.82) is 0 Å². The largest absolute Gasteiger partial charge is 0.372 e. The van der Waals surface area contributed by atoms with E-state index in [2.05, 4.69) is 50.4 Å². The van der Waals surface area contributed by atoms with Crippen LogP contribution in [0.5, 0.6) is 0 Å². The van der Waals surface area contributed by atoms with Crippen LogP contribution in [0.15, 0.2) is 24.3 Å². The lowest BCUT2D eigenvalue weighted by atomic mass is 9.95. The van der Waals surface area contributed by atoms with Gasteiger partial charge < -0.3 is 10.1 Å². The van der Waals surface area contributed by atoms with E-state index in [-0.39, 0.29) is 11.5 Å². The summed E-state index contributed by atoms with van der Waals surface area (Å²) in [4.78, 5) is 0. The fraction of sp³-hybridized carbons (Fsp3) is 0.600. The van der Waals surface area contributed by atoms with Crippen molar-refractivity contribution in [1.82, 2.24) is 5.32 Å². The van der Waals surface area contributed by atoms with E-state index >= 15 is 0 Å². The first kappa shape index (κ1) is 12.6. The van der Waals surface area contributed by atoms with Gasteiger partial charge in [0.1, 0.15) is 0 Å². The number of aryl methyl sites for hydroxylation is 1.